The minimum absolute atomic E-state index is 0.102. The van der Waals surface area contributed by atoms with Gasteiger partial charge in [-0.1, -0.05) is 6.07 Å². The van der Waals surface area contributed by atoms with Gasteiger partial charge in [0.05, 0.1) is 16.9 Å². The maximum atomic E-state index is 12.3. The normalized spacial score (nSPS) is 11.6. The van der Waals surface area contributed by atoms with Crippen molar-refractivity contribution < 1.29 is 13.2 Å². The van der Waals surface area contributed by atoms with Gasteiger partial charge >= 0.3 is 0 Å². The first kappa shape index (κ1) is 19.2. The summed E-state index contributed by atoms with van der Waals surface area (Å²) >= 11 is 2.98. The molecule has 0 aliphatic rings. The van der Waals surface area contributed by atoms with Crippen LogP contribution in [0, 0.1) is 13.8 Å². The van der Waals surface area contributed by atoms with E-state index in [-0.39, 0.29) is 5.78 Å². The fraction of sp³-hybridized carbons (Fsp3) is 0.353. The maximum Gasteiger partial charge on any atom is 0.208 e. The number of sulfonamides is 1. The Bertz CT molecular complexity index is 825. The number of hydrogen-bond donors (Lipinski definition) is 1. The lowest BCUT2D eigenvalue weighted by molar-refractivity contribution is 0.102. The smallest absolute Gasteiger partial charge is 0.208 e. The van der Waals surface area contributed by atoms with Crippen LogP contribution >= 0.6 is 23.1 Å². The Morgan fingerprint density at radius 2 is 1.92 bits per heavy atom. The zero-order chi connectivity index (χ0) is 17.7. The Balaban J connectivity index is 1.87. The van der Waals surface area contributed by atoms with Gasteiger partial charge in [-0.25, -0.2) is 13.1 Å². The van der Waals surface area contributed by atoms with Gasteiger partial charge in [0.25, 0.3) is 0 Å². The molecule has 24 heavy (non-hydrogen) atoms. The molecule has 1 N–H and O–H groups in total. The third kappa shape index (κ3) is 6.05. The average Bonchev–Trinajstić information content (AvgIpc) is 2.96. The lowest BCUT2D eigenvalue weighted by Crippen LogP contribution is -2.23. The average molecular weight is 384 g/mol. The zero-order valence-corrected chi connectivity index (χ0v) is 16.4. The first-order valence-electron chi connectivity index (χ1n) is 7.51. The Kier molecular flexibility index (Phi) is 6.62. The second-order valence-electron chi connectivity index (χ2n) is 5.64. The molecule has 0 atom stereocenters. The van der Waals surface area contributed by atoms with Crippen molar-refractivity contribution in [3.05, 3.63) is 51.2 Å². The summed E-state index contributed by atoms with van der Waals surface area (Å²) in [6.07, 6.45) is 1.73. The fourth-order valence-electron chi connectivity index (χ4n) is 2.05. The van der Waals surface area contributed by atoms with Gasteiger partial charge in [0, 0.05) is 16.3 Å². The molecular formula is C17H21NO3S3. The molecule has 1 aromatic heterocycles. The molecule has 0 radical (unpaired) electrons. The number of thioether (sulfide) groups is 1. The highest BCUT2D eigenvalue weighted by molar-refractivity contribution is 8.00. The highest BCUT2D eigenvalue weighted by Crippen LogP contribution is 2.24. The number of hydrogen-bond acceptors (Lipinski definition) is 5. The zero-order valence-electron chi connectivity index (χ0n) is 14.0. The molecule has 2 rings (SSSR count). The quantitative estimate of drug-likeness (QED) is 0.560. The Morgan fingerprint density at radius 3 is 2.58 bits per heavy atom. The third-order valence-electron chi connectivity index (χ3n) is 3.52. The van der Waals surface area contributed by atoms with E-state index in [1.165, 1.54) is 22.5 Å². The van der Waals surface area contributed by atoms with Gasteiger partial charge in [-0.05, 0) is 55.7 Å². The second kappa shape index (κ2) is 8.29. The van der Waals surface area contributed by atoms with Crippen LogP contribution in [0.2, 0.25) is 0 Å². The van der Waals surface area contributed by atoms with Crippen LogP contribution in [0.1, 0.15) is 25.7 Å². The molecule has 0 unspecified atom stereocenters. The van der Waals surface area contributed by atoms with E-state index in [1.807, 2.05) is 18.2 Å². The molecule has 0 saturated heterocycles. The van der Waals surface area contributed by atoms with Crippen molar-refractivity contribution in [2.45, 2.75) is 25.2 Å². The van der Waals surface area contributed by atoms with E-state index in [9.17, 15) is 13.2 Å². The molecule has 130 valence electrons. The summed E-state index contributed by atoms with van der Waals surface area (Å²) in [6.45, 7) is 4.49. The second-order valence-corrected chi connectivity index (χ2v) is 9.69. The molecule has 1 heterocycles. The largest absolute Gasteiger partial charge is 0.292 e. The van der Waals surface area contributed by atoms with Crippen molar-refractivity contribution in [2.75, 3.05) is 18.6 Å². The predicted octanol–water partition coefficient (Wildman–Crippen LogP) is 3.43. The number of aryl methyl sites for hydroxylation is 2. The van der Waals surface area contributed by atoms with Crippen molar-refractivity contribution >= 4 is 38.9 Å². The molecule has 4 nitrogen and oxygen atoms in total. The molecule has 0 amide bonds. The molecule has 0 spiro atoms. The van der Waals surface area contributed by atoms with Gasteiger partial charge in [0.1, 0.15) is 0 Å². The van der Waals surface area contributed by atoms with Crippen molar-refractivity contribution in [3.8, 4) is 0 Å². The summed E-state index contributed by atoms with van der Waals surface area (Å²) < 4.78 is 24.5. The first-order chi connectivity index (χ1) is 11.2. The van der Waals surface area contributed by atoms with Gasteiger partial charge in [-0.2, -0.15) is 0 Å². The SMILES string of the molecule is Cc1ccc(SCC(=O)c2ccc(CCNS(C)(=O)=O)s2)cc1C. The highest BCUT2D eigenvalue weighted by Gasteiger charge is 2.11. The van der Waals surface area contributed by atoms with Gasteiger partial charge in [0.15, 0.2) is 5.78 Å². The lowest BCUT2D eigenvalue weighted by Gasteiger charge is -2.04. The molecule has 7 heteroatoms. The van der Waals surface area contributed by atoms with Crippen LogP contribution in [0.5, 0.6) is 0 Å². The minimum Gasteiger partial charge on any atom is -0.292 e. The van der Waals surface area contributed by atoms with Crippen molar-refractivity contribution in [3.63, 3.8) is 0 Å². The fourth-order valence-corrected chi connectivity index (χ4v) is 4.43. The number of rotatable bonds is 8. The van der Waals surface area contributed by atoms with E-state index < -0.39 is 10.0 Å². The lowest BCUT2D eigenvalue weighted by atomic mass is 10.1. The summed E-state index contributed by atoms with van der Waals surface area (Å²) in [5, 5.41) is 0. The van der Waals surface area contributed by atoms with Crippen LogP contribution in [0.4, 0.5) is 0 Å². The minimum atomic E-state index is -3.17. The Morgan fingerprint density at radius 1 is 1.17 bits per heavy atom. The van der Waals surface area contributed by atoms with E-state index in [4.69, 9.17) is 0 Å². The van der Waals surface area contributed by atoms with Crippen LogP contribution in [0.15, 0.2) is 35.2 Å². The molecule has 0 saturated carbocycles. The molecule has 0 aliphatic carbocycles. The van der Waals surface area contributed by atoms with Crippen molar-refractivity contribution in [1.29, 1.82) is 0 Å². The number of carbonyl (C=O) groups excluding carboxylic acids is 1. The van der Waals surface area contributed by atoms with Gasteiger partial charge in [-0.3, -0.25) is 4.79 Å². The van der Waals surface area contributed by atoms with E-state index in [0.717, 1.165) is 20.9 Å². The number of Topliss-reactive ketones (excluding diaryl/α,β-unsaturated/α-hetero) is 1. The van der Waals surface area contributed by atoms with E-state index in [2.05, 4.69) is 30.7 Å². The number of nitrogens with one attached hydrogen (secondary N) is 1. The summed E-state index contributed by atoms with van der Waals surface area (Å²) in [5.74, 6) is 0.509. The van der Waals surface area contributed by atoms with Crippen LogP contribution in [-0.4, -0.2) is 32.8 Å². The molecule has 0 bridgehead atoms. The third-order valence-corrected chi connectivity index (χ3v) is 6.43. The Labute approximate surface area is 151 Å². The van der Waals surface area contributed by atoms with Crippen molar-refractivity contribution in [2.24, 2.45) is 0 Å². The Hall–Kier alpha value is -1.15. The number of carbonyl (C=O) groups is 1. The van der Waals surface area contributed by atoms with Gasteiger partial charge in [0.2, 0.25) is 10.0 Å². The number of thiophene rings is 1. The molecule has 0 aliphatic heterocycles. The van der Waals surface area contributed by atoms with E-state index in [1.54, 1.807) is 11.8 Å². The monoisotopic (exact) mass is 383 g/mol. The van der Waals surface area contributed by atoms with Crippen LogP contribution in [-0.2, 0) is 16.4 Å². The van der Waals surface area contributed by atoms with Crippen LogP contribution in [0.25, 0.3) is 0 Å². The highest BCUT2D eigenvalue weighted by atomic mass is 32.2. The van der Waals surface area contributed by atoms with E-state index >= 15 is 0 Å². The summed E-state index contributed by atoms with van der Waals surface area (Å²) in [4.78, 5) is 15.1. The van der Waals surface area contributed by atoms with Crippen LogP contribution < -0.4 is 4.72 Å². The molecular weight excluding hydrogens is 362 g/mol. The first-order valence-corrected chi connectivity index (χ1v) is 11.2. The molecule has 0 fully saturated rings. The van der Waals surface area contributed by atoms with Crippen LogP contribution in [0.3, 0.4) is 0 Å². The standard InChI is InChI=1S/C17H21NO3S3/c1-12-4-5-15(10-13(12)2)22-11-16(19)17-7-6-14(23-17)8-9-18-24(3,20)21/h4-7,10,18H,8-9,11H2,1-3H3. The maximum absolute atomic E-state index is 12.3. The molecule has 1 aromatic carbocycles. The summed E-state index contributed by atoms with van der Waals surface area (Å²) in [6, 6.07) is 9.92. The van der Waals surface area contributed by atoms with Crippen molar-refractivity contribution in [1.82, 2.24) is 4.72 Å². The van der Waals surface area contributed by atoms with Gasteiger partial charge in [-0.15, -0.1) is 23.1 Å². The van der Waals surface area contributed by atoms with Gasteiger partial charge < -0.3 is 0 Å². The van der Waals surface area contributed by atoms with E-state index in [0.29, 0.717) is 18.7 Å². The summed E-state index contributed by atoms with van der Waals surface area (Å²) in [7, 11) is -3.17. The topological polar surface area (TPSA) is 63.2 Å². The predicted molar refractivity (Wildman–Crippen MR) is 102 cm³/mol. The number of ketones is 1. The number of benzene rings is 1. The molecule has 2 aromatic rings. The summed E-state index contributed by atoms with van der Waals surface area (Å²) in [5.41, 5.74) is 2.47.